The van der Waals surface area contributed by atoms with E-state index in [4.69, 9.17) is 4.74 Å². The molecule has 0 aliphatic heterocycles. The van der Waals surface area contributed by atoms with E-state index in [0.29, 0.717) is 23.5 Å². The quantitative estimate of drug-likeness (QED) is 0.391. The Morgan fingerprint density at radius 1 is 1.09 bits per heavy atom. The summed E-state index contributed by atoms with van der Waals surface area (Å²) in [5.41, 5.74) is 3.39. The zero-order chi connectivity index (χ0) is 24.6. The molecule has 0 atom stereocenters. The van der Waals surface area contributed by atoms with Gasteiger partial charge in [-0.05, 0) is 73.6 Å². The van der Waals surface area contributed by atoms with Crippen molar-refractivity contribution in [2.45, 2.75) is 65.2 Å². The number of anilines is 1. The van der Waals surface area contributed by atoms with Crippen LogP contribution in [0, 0.1) is 19.8 Å². The molecule has 8 heteroatoms. The molecule has 0 unspecified atom stereocenters. The average Bonchev–Trinajstić information content (AvgIpc) is 2.77. The number of rotatable bonds is 12. The number of aryl methyl sites for hydroxylation is 3. The van der Waals surface area contributed by atoms with Crippen LogP contribution in [0.25, 0.3) is 0 Å². The van der Waals surface area contributed by atoms with Gasteiger partial charge in [0.25, 0.3) is 10.0 Å². The number of halogens is 1. The molecule has 0 N–H and O–H groups in total. The van der Waals surface area contributed by atoms with Crippen LogP contribution in [0.2, 0.25) is 0 Å². The SMILES string of the molecule is CCCCc1ccc(N(CC(C)C)S(=O)(=O)c2ccc(OCCC(=O)OF)c(C)c2)c(C)c1. The molecule has 0 aromatic heterocycles. The zero-order valence-corrected chi connectivity index (χ0v) is 20.9. The minimum atomic E-state index is -3.82. The van der Waals surface area contributed by atoms with Gasteiger partial charge in [-0.15, -0.1) is 0 Å². The van der Waals surface area contributed by atoms with Crippen molar-refractivity contribution in [2.75, 3.05) is 17.5 Å². The van der Waals surface area contributed by atoms with Gasteiger partial charge in [-0.1, -0.05) is 39.3 Å². The van der Waals surface area contributed by atoms with Crippen molar-refractivity contribution in [3.63, 3.8) is 0 Å². The minimum Gasteiger partial charge on any atom is -0.493 e. The highest BCUT2D eigenvalue weighted by Gasteiger charge is 2.27. The van der Waals surface area contributed by atoms with E-state index in [9.17, 15) is 17.7 Å². The molecular formula is C25H34FNO5S. The second-order valence-corrected chi connectivity index (χ2v) is 10.5. The second-order valence-electron chi connectivity index (χ2n) is 8.63. The van der Waals surface area contributed by atoms with Crippen LogP contribution < -0.4 is 9.04 Å². The Hall–Kier alpha value is -2.61. The van der Waals surface area contributed by atoms with Gasteiger partial charge in [0.15, 0.2) is 0 Å². The first-order valence-electron chi connectivity index (χ1n) is 11.3. The first-order valence-corrected chi connectivity index (χ1v) is 12.7. The average molecular weight is 480 g/mol. The van der Waals surface area contributed by atoms with Crippen molar-refractivity contribution in [3.8, 4) is 5.75 Å². The van der Waals surface area contributed by atoms with E-state index >= 15 is 0 Å². The van der Waals surface area contributed by atoms with Crippen LogP contribution in [0.3, 0.4) is 0 Å². The number of benzene rings is 2. The third kappa shape index (κ3) is 7.19. The van der Waals surface area contributed by atoms with E-state index < -0.39 is 16.0 Å². The number of hydrogen-bond donors (Lipinski definition) is 0. The fourth-order valence-corrected chi connectivity index (χ4v) is 5.32. The number of unbranched alkanes of at least 4 members (excludes halogenated alkanes) is 1. The van der Waals surface area contributed by atoms with Crippen LogP contribution in [0.4, 0.5) is 10.2 Å². The maximum Gasteiger partial charge on any atom is 0.352 e. The first-order chi connectivity index (χ1) is 15.6. The Kier molecular flexibility index (Phi) is 9.70. The highest BCUT2D eigenvalue weighted by molar-refractivity contribution is 7.92. The van der Waals surface area contributed by atoms with Gasteiger partial charge in [0.05, 0.1) is 23.6 Å². The molecule has 2 rings (SSSR count). The summed E-state index contributed by atoms with van der Waals surface area (Å²) in [4.78, 5) is 14.2. The first kappa shape index (κ1) is 26.6. The molecule has 0 fully saturated rings. The molecule has 0 saturated carbocycles. The second kappa shape index (κ2) is 12.0. The molecule has 0 radical (unpaired) electrons. The summed E-state index contributed by atoms with van der Waals surface area (Å²) < 4.78 is 46.1. The number of carbonyl (C=O) groups excluding carboxylic acids is 1. The summed E-state index contributed by atoms with van der Waals surface area (Å²) >= 11 is 0. The Labute approximate surface area is 196 Å². The Morgan fingerprint density at radius 2 is 1.82 bits per heavy atom. The zero-order valence-electron chi connectivity index (χ0n) is 20.1. The fraction of sp³-hybridized carbons (Fsp3) is 0.480. The predicted molar refractivity (Wildman–Crippen MR) is 128 cm³/mol. The third-order valence-corrected chi connectivity index (χ3v) is 7.04. The lowest BCUT2D eigenvalue weighted by Crippen LogP contribution is -2.35. The summed E-state index contributed by atoms with van der Waals surface area (Å²) in [5.74, 6) is -0.474. The molecule has 0 bridgehead atoms. The van der Waals surface area contributed by atoms with Crippen molar-refractivity contribution < 1.29 is 27.4 Å². The fourth-order valence-electron chi connectivity index (χ4n) is 3.55. The predicted octanol–water partition coefficient (Wildman–Crippen LogP) is 5.69. The number of carbonyl (C=O) groups is 1. The molecule has 0 aliphatic rings. The van der Waals surface area contributed by atoms with Crippen LogP contribution in [-0.4, -0.2) is 27.5 Å². The lowest BCUT2D eigenvalue weighted by molar-refractivity contribution is -0.184. The molecule has 0 amide bonds. The molecule has 182 valence electrons. The number of nitrogens with zero attached hydrogens (tertiary/aromatic N) is 1. The third-order valence-electron chi connectivity index (χ3n) is 5.26. The van der Waals surface area contributed by atoms with Crippen LogP contribution in [0.15, 0.2) is 41.3 Å². The lowest BCUT2D eigenvalue weighted by atomic mass is 10.0. The number of sulfonamides is 1. The Bertz CT molecular complexity index is 1050. The Balaban J connectivity index is 2.34. The van der Waals surface area contributed by atoms with Crippen LogP contribution >= 0.6 is 0 Å². The van der Waals surface area contributed by atoms with Gasteiger partial charge < -0.3 is 4.74 Å². The summed E-state index contributed by atoms with van der Waals surface area (Å²) in [6.45, 7) is 10.1. The monoisotopic (exact) mass is 479 g/mol. The van der Waals surface area contributed by atoms with Crippen LogP contribution in [-0.2, 0) is 26.2 Å². The topological polar surface area (TPSA) is 72.9 Å². The highest BCUT2D eigenvalue weighted by Crippen LogP contribution is 2.31. The van der Waals surface area contributed by atoms with Crippen molar-refractivity contribution >= 4 is 21.7 Å². The van der Waals surface area contributed by atoms with Gasteiger partial charge in [-0.2, -0.15) is 0 Å². The van der Waals surface area contributed by atoms with Crippen LogP contribution in [0.1, 0.15) is 56.7 Å². The molecule has 0 saturated heterocycles. The van der Waals surface area contributed by atoms with Crippen molar-refractivity contribution in [3.05, 3.63) is 53.1 Å². The number of ether oxygens (including phenoxy) is 1. The Morgan fingerprint density at radius 3 is 2.39 bits per heavy atom. The van der Waals surface area contributed by atoms with E-state index in [0.717, 1.165) is 24.8 Å². The van der Waals surface area contributed by atoms with Crippen LogP contribution in [0.5, 0.6) is 5.75 Å². The van der Waals surface area contributed by atoms with Gasteiger partial charge in [0.1, 0.15) is 5.75 Å². The summed E-state index contributed by atoms with van der Waals surface area (Å²) in [6, 6.07) is 10.6. The summed E-state index contributed by atoms with van der Waals surface area (Å²) in [5, 5.41) is 0. The molecule has 0 aliphatic carbocycles. The molecule has 2 aromatic carbocycles. The minimum absolute atomic E-state index is 0.0707. The van der Waals surface area contributed by atoms with E-state index in [1.807, 2.05) is 32.9 Å². The maximum atomic E-state index is 13.7. The van der Waals surface area contributed by atoms with Crippen molar-refractivity contribution in [1.82, 2.24) is 0 Å². The van der Waals surface area contributed by atoms with E-state index in [-0.39, 0.29) is 23.8 Å². The van der Waals surface area contributed by atoms with Gasteiger partial charge in [0.2, 0.25) is 0 Å². The molecule has 2 aromatic rings. The molecular weight excluding hydrogens is 445 g/mol. The van der Waals surface area contributed by atoms with Gasteiger partial charge in [-0.3, -0.25) is 9.25 Å². The van der Waals surface area contributed by atoms with Gasteiger partial charge in [-0.25, -0.2) is 13.2 Å². The van der Waals surface area contributed by atoms with E-state index in [2.05, 4.69) is 17.9 Å². The standard InChI is InChI=1S/C25H34FNO5S/c1-6-7-8-21-9-11-23(19(4)15-21)27(17-18(2)3)33(29,30)22-10-12-24(20(5)16-22)31-14-13-25(28)32-26/h9-12,15-16,18H,6-8,13-14,17H2,1-5H3. The normalized spacial score (nSPS) is 11.5. The molecule has 0 spiro atoms. The van der Waals surface area contributed by atoms with E-state index in [1.165, 1.54) is 15.9 Å². The summed E-state index contributed by atoms with van der Waals surface area (Å²) in [6.07, 6.45) is 2.92. The number of hydrogen-bond acceptors (Lipinski definition) is 5. The van der Waals surface area contributed by atoms with Gasteiger partial charge in [0, 0.05) is 11.1 Å². The van der Waals surface area contributed by atoms with Gasteiger partial charge >= 0.3 is 5.97 Å². The smallest absolute Gasteiger partial charge is 0.352 e. The van der Waals surface area contributed by atoms with Crippen molar-refractivity contribution in [2.24, 2.45) is 5.92 Å². The van der Waals surface area contributed by atoms with E-state index in [1.54, 1.807) is 19.1 Å². The highest BCUT2D eigenvalue weighted by atomic mass is 32.2. The van der Waals surface area contributed by atoms with Crippen molar-refractivity contribution in [1.29, 1.82) is 0 Å². The molecule has 0 heterocycles. The summed E-state index contributed by atoms with van der Waals surface area (Å²) in [7, 11) is -3.82. The largest absolute Gasteiger partial charge is 0.493 e. The lowest BCUT2D eigenvalue weighted by Gasteiger charge is -2.28. The molecule has 33 heavy (non-hydrogen) atoms. The maximum absolute atomic E-state index is 13.7. The molecule has 6 nitrogen and oxygen atoms in total.